The van der Waals surface area contributed by atoms with E-state index >= 15 is 0 Å². The van der Waals surface area contributed by atoms with Crippen LogP contribution in [0.1, 0.15) is 16.1 Å². The molecule has 1 aliphatic rings. The standard InChI is InChI=1S/C22H18BrClN4O2S/c1-13-19(20(26-30-13)15-4-2-3-5-16(15)24)21(29)27-8-10-28(11-9-27)22-25-17-7-6-14(23)12-18(17)31-22/h2-7,12H,8-11H2,1H3. The number of halogens is 2. The van der Waals surface area contributed by atoms with Crippen LogP contribution in [0.3, 0.4) is 0 Å². The molecule has 4 aromatic rings. The van der Waals surface area contributed by atoms with Crippen molar-refractivity contribution in [1.29, 1.82) is 0 Å². The molecule has 1 fully saturated rings. The van der Waals surface area contributed by atoms with Crippen LogP contribution in [0.4, 0.5) is 5.13 Å². The van der Waals surface area contributed by atoms with E-state index in [1.807, 2.05) is 35.2 Å². The molecule has 0 aliphatic carbocycles. The van der Waals surface area contributed by atoms with E-state index in [1.165, 1.54) is 0 Å². The van der Waals surface area contributed by atoms with Crippen LogP contribution in [0.15, 0.2) is 51.5 Å². The van der Waals surface area contributed by atoms with Crippen molar-refractivity contribution in [3.8, 4) is 11.3 Å². The van der Waals surface area contributed by atoms with Gasteiger partial charge >= 0.3 is 0 Å². The van der Waals surface area contributed by atoms with Gasteiger partial charge in [0.2, 0.25) is 0 Å². The lowest BCUT2D eigenvalue weighted by atomic mass is 10.0. The Bertz CT molecular complexity index is 1280. The van der Waals surface area contributed by atoms with Crippen molar-refractivity contribution in [2.45, 2.75) is 6.92 Å². The molecule has 2 aromatic heterocycles. The molecule has 0 saturated carbocycles. The summed E-state index contributed by atoms with van der Waals surface area (Å²) in [5, 5.41) is 5.65. The zero-order valence-corrected chi connectivity index (χ0v) is 19.8. The third-order valence-electron chi connectivity index (χ3n) is 5.38. The molecule has 0 unspecified atom stereocenters. The van der Waals surface area contributed by atoms with Crippen LogP contribution in [0.25, 0.3) is 21.5 Å². The molecule has 0 radical (unpaired) electrons. The summed E-state index contributed by atoms with van der Waals surface area (Å²) in [6.45, 7) is 4.41. The number of thiazole rings is 1. The molecule has 1 amide bonds. The van der Waals surface area contributed by atoms with Crippen molar-refractivity contribution in [3.63, 3.8) is 0 Å². The lowest BCUT2D eigenvalue weighted by molar-refractivity contribution is 0.0745. The van der Waals surface area contributed by atoms with Gasteiger partial charge in [0.05, 0.1) is 15.2 Å². The number of aromatic nitrogens is 2. The minimum atomic E-state index is -0.0819. The molecule has 3 heterocycles. The Morgan fingerprint density at radius 2 is 1.94 bits per heavy atom. The first-order chi connectivity index (χ1) is 15.0. The summed E-state index contributed by atoms with van der Waals surface area (Å²) in [5.74, 6) is 0.417. The van der Waals surface area contributed by atoms with Crippen molar-refractivity contribution in [1.82, 2.24) is 15.0 Å². The zero-order chi connectivity index (χ0) is 21.5. The van der Waals surface area contributed by atoms with Gasteiger partial charge in [0, 0.05) is 36.2 Å². The number of carbonyl (C=O) groups is 1. The van der Waals surface area contributed by atoms with E-state index in [4.69, 9.17) is 21.1 Å². The maximum atomic E-state index is 13.4. The molecule has 0 bridgehead atoms. The number of amides is 1. The van der Waals surface area contributed by atoms with Gasteiger partial charge in [0.25, 0.3) is 5.91 Å². The summed E-state index contributed by atoms with van der Waals surface area (Å²) >= 11 is 11.5. The Balaban J connectivity index is 1.35. The molecule has 9 heteroatoms. The van der Waals surface area contributed by atoms with Crippen molar-refractivity contribution in [2.24, 2.45) is 0 Å². The predicted molar refractivity (Wildman–Crippen MR) is 127 cm³/mol. The fourth-order valence-corrected chi connectivity index (χ4v) is 5.54. The van der Waals surface area contributed by atoms with Crippen LogP contribution >= 0.6 is 38.9 Å². The maximum Gasteiger partial charge on any atom is 0.259 e. The summed E-state index contributed by atoms with van der Waals surface area (Å²) in [7, 11) is 0. The number of benzene rings is 2. The lowest BCUT2D eigenvalue weighted by Gasteiger charge is -2.34. The van der Waals surface area contributed by atoms with Gasteiger partial charge in [-0.3, -0.25) is 4.79 Å². The molecule has 31 heavy (non-hydrogen) atoms. The lowest BCUT2D eigenvalue weighted by Crippen LogP contribution is -2.49. The second-order valence-electron chi connectivity index (χ2n) is 7.33. The SMILES string of the molecule is Cc1onc(-c2ccccc2Cl)c1C(=O)N1CCN(c2nc3ccc(Br)cc3s2)CC1. The van der Waals surface area contributed by atoms with Crippen LogP contribution in [0, 0.1) is 6.92 Å². The fraction of sp³-hybridized carbons (Fsp3) is 0.227. The number of fused-ring (bicyclic) bond motifs is 1. The predicted octanol–water partition coefficient (Wildman–Crippen LogP) is 5.64. The maximum absolute atomic E-state index is 13.4. The average Bonchev–Trinajstić information content (AvgIpc) is 3.37. The monoisotopic (exact) mass is 516 g/mol. The van der Waals surface area contributed by atoms with Gasteiger partial charge in [-0.1, -0.05) is 62.2 Å². The van der Waals surface area contributed by atoms with Crippen molar-refractivity contribution in [3.05, 3.63) is 63.3 Å². The Kier molecular flexibility index (Phi) is 5.45. The van der Waals surface area contributed by atoms with E-state index in [1.54, 1.807) is 24.3 Å². The van der Waals surface area contributed by atoms with Crippen molar-refractivity contribution < 1.29 is 9.32 Å². The molecule has 0 N–H and O–H groups in total. The highest BCUT2D eigenvalue weighted by Crippen LogP contribution is 2.33. The third kappa shape index (κ3) is 3.84. The number of nitrogens with zero attached hydrogens (tertiary/aromatic N) is 4. The smallest absolute Gasteiger partial charge is 0.259 e. The summed E-state index contributed by atoms with van der Waals surface area (Å²) in [4.78, 5) is 22.2. The highest BCUT2D eigenvalue weighted by Gasteiger charge is 2.30. The van der Waals surface area contributed by atoms with Gasteiger partial charge in [-0.2, -0.15) is 0 Å². The number of piperazine rings is 1. The summed E-state index contributed by atoms with van der Waals surface area (Å²) in [6, 6.07) is 13.4. The number of hydrogen-bond acceptors (Lipinski definition) is 6. The summed E-state index contributed by atoms with van der Waals surface area (Å²) in [6.07, 6.45) is 0. The fourth-order valence-electron chi connectivity index (χ4n) is 3.74. The second-order valence-corrected chi connectivity index (χ2v) is 9.66. The van der Waals surface area contributed by atoms with E-state index < -0.39 is 0 Å². The average molecular weight is 518 g/mol. The molecular weight excluding hydrogens is 500 g/mol. The number of anilines is 1. The number of aryl methyl sites for hydroxylation is 1. The first-order valence-corrected chi connectivity index (χ1v) is 11.8. The molecular formula is C22H18BrClN4O2S. The number of carbonyl (C=O) groups excluding carboxylic acids is 1. The minimum absolute atomic E-state index is 0.0819. The molecule has 0 spiro atoms. The van der Waals surface area contributed by atoms with E-state index in [9.17, 15) is 4.79 Å². The zero-order valence-electron chi connectivity index (χ0n) is 16.6. The molecule has 158 valence electrons. The van der Waals surface area contributed by atoms with E-state index in [0.29, 0.717) is 40.7 Å². The Morgan fingerprint density at radius 3 is 2.71 bits per heavy atom. The first-order valence-electron chi connectivity index (χ1n) is 9.83. The minimum Gasteiger partial charge on any atom is -0.360 e. The highest BCUT2D eigenvalue weighted by molar-refractivity contribution is 9.10. The van der Waals surface area contributed by atoms with E-state index in [-0.39, 0.29) is 5.91 Å². The summed E-state index contributed by atoms with van der Waals surface area (Å²) < 4.78 is 7.56. The van der Waals surface area contributed by atoms with Gasteiger partial charge < -0.3 is 14.3 Å². The van der Waals surface area contributed by atoms with Crippen LogP contribution < -0.4 is 4.90 Å². The van der Waals surface area contributed by atoms with Gasteiger partial charge in [-0.25, -0.2) is 4.98 Å². The third-order valence-corrected chi connectivity index (χ3v) is 7.28. The molecule has 5 rings (SSSR count). The van der Waals surface area contributed by atoms with Gasteiger partial charge in [-0.15, -0.1) is 0 Å². The second kappa shape index (κ2) is 8.26. The largest absolute Gasteiger partial charge is 0.360 e. The quantitative estimate of drug-likeness (QED) is 0.352. The highest BCUT2D eigenvalue weighted by atomic mass is 79.9. The van der Waals surface area contributed by atoms with E-state index in [0.717, 1.165) is 32.9 Å². The number of hydrogen-bond donors (Lipinski definition) is 0. The molecule has 0 atom stereocenters. The first kappa shape index (κ1) is 20.5. The van der Waals surface area contributed by atoms with Crippen LogP contribution in [-0.4, -0.2) is 47.1 Å². The van der Waals surface area contributed by atoms with Crippen LogP contribution in [0.2, 0.25) is 5.02 Å². The Hall–Kier alpha value is -2.42. The van der Waals surface area contributed by atoms with Gasteiger partial charge in [0.15, 0.2) is 5.13 Å². The van der Waals surface area contributed by atoms with Gasteiger partial charge in [0.1, 0.15) is 17.0 Å². The van der Waals surface area contributed by atoms with Crippen molar-refractivity contribution >= 4 is 60.1 Å². The van der Waals surface area contributed by atoms with Crippen molar-refractivity contribution in [2.75, 3.05) is 31.1 Å². The molecule has 6 nitrogen and oxygen atoms in total. The number of rotatable bonds is 3. The Morgan fingerprint density at radius 1 is 1.16 bits per heavy atom. The normalized spacial score (nSPS) is 14.4. The molecule has 1 aliphatic heterocycles. The van der Waals surface area contributed by atoms with Crippen LogP contribution in [0.5, 0.6) is 0 Å². The van der Waals surface area contributed by atoms with Gasteiger partial charge in [-0.05, 0) is 31.2 Å². The molecule has 2 aromatic carbocycles. The van der Waals surface area contributed by atoms with Crippen LogP contribution in [-0.2, 0) is 0 Å². The Labute approximate surface area is 196 Å². The molecule has 1 saturated heterocycles. The topological polar surface area (TPSA) is 62.5 Å². The summed E-state index contributed by atoms with van der Waals surface area (Å²) in [5.41, 5.74) is 2.66. The van der Waals surface area contributed by atoms with E-state index in [2.05, 4.69) is 32.1 Å².